The molecular formula is C15H22BrClN2O. The number of carbonyl (C=O) groups excluding carboxylic acids is 1. The zero-order valence-corrected chi connectivity index (χ0v) is 14.3. The molecule has 1 aromatic rings. The molecule has 0 heterocycles. The monoisotopic (exact) mass is 360 g/mol. The van der Waals surface area contributed by atoms with E-state index < -0.39 is 0 Å². The fourth-order valence-corrected chi connectivity index (χ4v) is 2.79. The average molecular weight is 362 g/mol. The molecule has 112 valence electrons. The van der Waals surface area contributed by atoms with Crippen LogP contribution >= 0.6 is 28.3 Å². The van der Waals surface area contributed by atoms with Gasteiger partial charge < -0.3 is 11.1 Å². The topological polar surface area (TPSA) is 55.1 Å². The van der Waals surface area contributed by atoms with Crippen LogP contribution in [0.5, 0.6) is 0 Å². The van der Waals surface area contributed by atoms with E-state index in [1.165, 1.54) is 5.56 Å². The Kier molecular flexibility index (Phi) is 6.05. The molecule has 0 radical (unpaired) electrons. The van der Waals surface area contributed by atoms with Crippen LogP contribution in [0.3, 0.4) is 0 Å². The molecule has 2 atom stereocenters. The molecule has 1 fully saturated rings. The lowest BCUT2D eigenvalue weighted by Gasteiger charge is -2.44. The van der Waals surface area contributed by atoms with Crippen molar-refractivity contribution < 1.29 is 4.79 Å². The van der Waals surface area contributed by atoms with E-state index in [-0.39, 0.29) is 35.8 Å². The van der Waals surface area contributed by atoms with Gasteiger partial charge in [-0.15, -0.1) is 12.4 Å². The van der Waals surface area contributed by atoms with Crippen molar-refractivity contribution in [3.05, 3.63) is 34.3 Å². The van der Waals surface area contributed by atoms with E-state index >= 15 is 0 Å². The number of hydrogen-bond acceptors (Lipinski definition) is 2. The zero-order valence-electron chi connectivity index (χ0n) is 11.9. The predicted molar refractivity (Wildman–Crippen MR) is 87.9 cm³/mol. The van der Waals surface area contributed by atoms with Crippen LogP contribution in [-0.4, -0.2) is 11.9 Å². The summed E-state index contributed by atoms with van der Waals surface area (Å²) in [5.74, 6) is -0.112. The Balaban J connectivity index is 0.00000200. The van der Waals surface area contributed by atoms with Crippen molar-refractivity contribution >= 4 is 34.2 Å². The van der Waals surface area contributed by atoms with Crippen molar-refractivity contribution in [2.75, 3.05) is 0 Å². The van der Waals surface area contributed by atoms with Gasteiger partial charge in [0.15, 0.2) is 0 Å². The summed E-state index contributed by atoms with van der Waals surface area (Å²) in [6.07, 6.45) is 3.15. The van der Waals surface area contributed by atoms with E-state index in [1.54, 1.807) is 0 Å². The van der Waals surface area contributed by atoms with Crippen LogP contribution in [0.4, 0.5) is 0 Å². The van der Waals surface area contributed by atoms with Crippen molar-refractivity contribution in [2.45, 2.75) is 44.7 Å². The molecule has 5 heteroatoms. The molecule has 0 aromatic heterocycles. The maximum Gasteiger partial charge on any atom is 0.225 e. The van der Waals surface area contributed by atoms with E-state index in [2.05, 4.69) is 33.4 Å². The van der Waals surface area contributed by atoms with Crippen LogP contribution in [0.15, 0.2) is 28.7 Å². The fraction of sp³-hybridized carbons (Fsp3) is 0.533. The summed E-state index contributed by atoms with van der Waals surface area (Å²) in [5, 5.41) is 3.21. The van der Waals surface area contributed by atoms with Gasteiger partial charge in [0.25, 0.3) is 0 Å². The average Bonchev–Trinajstić information content (AvgIpc) is 2.32. The highest BCUT2D eigenvalue weighted by Gasteiger charge is 2.41. The van der Waals surface area contributed by atoms with Gasteiger partial charge in [0.2, 0.25) is 5.91 Å². The van der Waals surface area contributed by atoms with E-state index in [0.717, 1.165) is 23.7 Å². The van der Waals surface area contributed by atoms with E-state index in [9.17, 15) is 4.79 Å². The minimum atomic E-state index is -0.190. The SMILES string of the molecule is CC(N)C(C)C(=O)NC1(c2cccc(Br)c2)CCC1.Cl. The highest BCUT2D eigenvalue weighted by Crippen LogP contribution is 2.42. The van der Waals surface area contributed by atoms with Crippen molar-refractivity contribution in [3.63, 3.8) is 0 Å². The first-order valence-corrected chi connectivity index (χ1v) is 7.57. The highest BCUT2D eigenvalue weighted by atomic mass is 79.9. The van der Waals surface area contributed by atoms with Crippen LogP contribution in [0, 0.1) is 5.92 Å². The Hall–Kier alpha value is -0.580. The summed E-state index contributed by atoms with van der Waals surface area (Å²) in [6.45, 7) is 3.75. The third-order valence-electron chi connectivity index (χ3n) is 4.15. The number of carbonyl (C=O) groups is 1. The van der Waals surface area contributed by atoms with Gasteiger partial charge in [-0.3, -0.25) is 4.79 Å². The largest absolute Gasteiger partial charge is 0.346 e. The first kappa shape index (κ1) is 17.5. The van der Waals surface area contributed by atoms with E-state index in [0.29, 0.717) is 0 Å². The summed E-state index contributed by atoms with van der Waals surface area (Å²) in [5.41, 5.74) is 6.80. The van der Waals surface area contributed by atoms with Crippen LogP contribution in [0.2, 0.25) is 0 Å². The van der Waals surface area contributed by atoms with Crippen molar-refractivity contribution in [3.8, 4) is 0 Å². The second-order valence-electron chi connectivity index (χ2n) is 5.58. The maximum atomic E-state index is 12.2. The second-order valence-corrected chi connectivity index (χ2v) is 6.50. The molecule has 3 nitrogen and oxygen atoms in total. The van der Waals surface area contributed by atoms with Gasteiger partial charge in [0.1, 0.15) is 0 Å². The molecule has 1 amide bonds. The van der Waals surface area contributed by atoms with Gasteiger partial charge in [0.05, 0.1) is 5.54 Å². The van der Waals surface area contributed by atoms with Crippen molar-refractivity contribution in [1.82, 2.24) is 5.32 Å². The van der Waals surface area contributed by atoms with E-state index in [1.807, 2.05) is 26.0 Å². The van der Waals surface area contributed by atoms with Crippen LogP contribution < -0.4 is 11.1 Å². The molecule has 0 spiro atoms. The van der Waals surface area contributed by atoms with Gasteiger partial charge in [-0.2, -0.15) is 0 Å². The molecule has 2 unspecified atom stereocenters. The molecule has 3 N–H and O–H groups in total. The number of benzene rings is 1. The molecule has 1 aliphatic rings. The quantitative estimate of drug-likeness (QED) is 0.864. The first-order chi connectivity index (χ1) is 8.94. The Bertz CT molecular complexity index is 475. The maximum absolute atomic E-state index is 12.2. The Morgan fingerprint density at radius 3 is 2.50 bits per heavy atom. The van der Waals surface area contributed by atoms with Gasteiger partial charge in [0, 0.05) is 16.4 Å². The summed E-state index contributed by atoms with van der Waals surface area (Å²) in [6, 6.07) is 8.07. The number of rotatable bonds is 4. The summed E-state index contributed by atoms with van der Waals surface area (Å²) in [7, 11) is 0. The molecule has 0 aliphatic heterocycles. The number of hydrogen-bond donors (Lipinski definition) is 2. The minimum absolute atomic E-state index is 0. The lowest BCUT2D eigenvalue weighted by atomic mass is 9.71. The third kappa shape index (κ3) is 3.54. The minimum Gasteiger partial charge on any atom is -0.346 e. The molecule has 1 aromatic carbocycles. The van der Waals surface area contributed by atoms with Gasteiger partial charge >= 0.3 is 0 Å². The van der Waals surface area contributed by atoms with Gasteiger partial charge in [-0.1, -0.05) is 35.0 Å². The normalized spacial score (nSPS) is 19.2. The zero-order chi connectivity index (χ0) is 14.0. The number of amides is 1. The van der Waals surface area contributed by atoms with Crippen LogP contribution in [0.1, 0.15) is 38.7 Å². The summed E-state index contributed by atoms with van der Waals surface area (Å²) in [4.78, 5) is 12.2. The molecule has 1 saturated carbocycles. The van der Waals surface area contributed by atoms with Crippen molar-refractivity contribution in [2.24, 2.45) is 11.7 Å². The molecule has 20 heavy (non-hydrogen) atoms. The smallest absolute Gasteiger partial charge is 0.225 e. The lowest BCUT2D eigenvalue weighted by molar-refractivity contribution is -0.128. The van der Waals surface area contributed by atoms with E-state index in [4.69, 9.17) is 5.73 Å². The number of halogens is 2. The summed E-state index contributed by atoms with van der Waals surface area (Å²) >= 11 is 3.49. The second kappa shape index (κ2) is 6.92. The van der Waals surface area contributed by atoms with Crippen LogP contribution in [0.25, 0.3) is 0 Å². The first-order valence-electron chi connectivity index (χ1n) is 6.78. The molecule has 0 bridgehead atoms. The number of nitrogens with one attached hydrogen (secondary N) is 1. The highest BCUT2D eigenvalue weighted by molar-refractivity contribution is 9.10. The molecular weight excluding hydrogens is 340 g/mol. The fourth-order valence-electron chi connectivity index (χ4n) is 2.39. The Morgan fingerprint density at radius 2 is 2.05 bits per heavy atom. The van der Waals surface area contributed by atoms with Gasteiger partial charge in [-0.05, 0) is 43.9 Å². The molecule has 2 rings (SSSR count). The molecule has 0 saturated heterocycles. The van der Waals surface area contributed by atoms with Gasteiger partial charge in [-0.25, -0.2) is 0 Å². The summed E-state index contributed by atoms with van der Waals surface area (Å²) < 4.78 is 1.05. The Labute approximate surface area is 135 Å². The standard InChI is InChI=1S/C15H21BrN2O.ClH/c1-10(11(2)17)14(19)18-15(7-4-8-15)12-5-3-6-13(16)9-12;/h3,5-6,9-11H,4,7-8,17H2,1-2H3,(H,18,19);1H. The van der Waals surface area contributed by atoms with Crippen LogP contribution in [-0.2, 0) is 10.3 Å². The third-order valence-corrected chi connectivity index (χ3v) is 4.64. The number of nitrogens with two attached hydrogens (primary N) is 1. The Morgan fingerprint density at radius 1 is 1.40 bits per heavy atom. The van der Waals surface area contributed by atoms with Crippen molar-refractivity contribution in [1.29, 1.82) is 0 Å². The molecule has 1 aliphatic carbocycles. The predicted octanol–water partition coefficient (Wildman–Crippen LogP) is 3.35. The lowest BCUT2D eigenvalue weighted by Crippen LogP contribution is -2.53.